The number of aromatic nitrogens is 2. The van der Waals surface area contributed by atoms with Crippen LogP contribution in [0.25, 0.3) is 0 Å². The van der Waals surface area contributed by atoms with E-state index in [-0.39, 0.29) is 12.7 Å². The average Bonchev–Trinajstić information content (AvgIpc) is 3.15. The molecule has 0 amide bonds. The Morgan fingerprint density at radius 2 is 1.81 bits per heavy atom. The van der Waals surface area contributed by atoms with Gasteiger partial charge < -0.3 is 14.2 Å². The molecule has 1 aromatic heterocycles. The van der Waals surface area contributed by atoms with Gasteiger partial charge in [-0.2, -0.15) is 4.98 Å². The average molecular weight is 380 g/mol. The Labute approximate surface area is 162 Å². The van der Waals surface area contributed by atoms with E-state index in [4.69, 9.17) is 14.2 Å². The quantitative estimate of drug-likeness (QED) is 0.421. The molecule has 0 aliphatic carbocycles. The van der Waals surface area contributed by atoms with E-state index in [1.54, 1.807) is 11.8 Å². The van der Waals surface area contributed by atoms with Crippen LogP contribution in [0.4, 0.5) is 0 Å². The standard InChI is InChI=1S/C21H20N2O3S/c1-14(2)17-11-20(26-16-8-9-18-19(10-16)25-13-24-18)23-21(22-17)27-12-15-6-4-3-5-7-15/h3-11,14H,12-13H2,1-2H3. The van der Waals surface area contributed by atoms with Gasteiger partial charge in [-0.1, -0.05) is 55.9 Å². The van der Waals surface area contributed by atoms with Crippen LogP contribution in [0.3, 0.4) is 0 Å². The lowest BCUT2D eigenvalue weighted by atomic mass is 10.1. The van der Waals surface area contributed by atoms with Gasteiger partial charge in [0.25, 0.3) is 0 Å². The Hall–Kier alpha value is -2.73. The fourth-order valence-electron chi connectivity index (χ4n) is 2.62. The molecule has 0 atom stereocenters. The van der Waals surface area contributed by atoms with Crippen LogP contribution in [0.5, 0.6) is 23.1 Å². The highest BCUT2D eigenvalue weighted by Crippen LogP contribution is 2.36. The first-order chi connectivity index (χ1) is 13.2. The number of fused-ring (bicyclic) bond motifs is 1. The van der Waals surface area contributed by atoms with E-state index in [9.17, 15) is 0 Å². The van der Waals surface area contributed by atoms with Crippen LogP contribution in [0.2, 0.25) is 0 Å². The highest BCUT2D eigenvalue weighted by atomic mass is 32.2. The van der Waals surface area contributed by atoms with Gasteiger partial charge in [0.05, 0.1) is 5.69 Å². The van der Waals surface area contributed by atoms with Crippen LogP contribution < -0.4 is 14.2 Å². The molecule has 6 heteroatoms. The van der Waals surface area contributed by atoms with Gasteiger partial charge in [-0.05, 0) is 23.6 Å². The van der Waals surface area contributed by atoms with Crippen molar-refractivity contribution in [3.63, 3.8) is 0 Å². The van der Waals surface area contributed by atoms with Crippen LogP contribution in [-0.4, -0.2) is 16.8 Å². The largest absolute Gasteiger partial charge is 0.454 e. The third kappa shape index (κ3) is 4.34. The van der Waals surface area contributed by atoms with Crippen LogP contribution in [0.1, 0.15) is 31.0 Å². The van der Waals surface area contributed by atoms with Gasteiger partial charge in [0.15, 0.2) is 16.7 Å². The molecule has 3 aromatic rings. The maximum atomic E-state index is 5.99. The maximum Gasteiger partial charge on any atom is 0.231 e. The minimum absolute atomic E-state index is 0.240. The van der Waals surface area contributed by atoms with E-state index in [0.717, 1.165) is 17.2 Å². The molecule has 0 spiro atoms. The van der Waals surface area contributed by atoms with E-state index < -0.39 is 0 Å². The summed E-state index contributed by atoms with van der Waals surface area (Å²) in [7, 11) is 0. The van der Waals surface area contributed by atoms with Crippen LogP contribution in [0, 0.1) is 0 Å². The topological polar surface area (TPSA) is 53.5 Å². The van der Waals surface area contributed by atoms with E-state index in [2.05, 4.69) is 35.9 Å². The minimum Gasteiger partial charge on any atom is -0.454 e. The Morgan fingerprint density at radius 1 is 1.00 bits per heavy atom. The molecule has 0 unspecified atom stereocenters. The molecule has 27 heavy (non-hydrogen) atoms. The molecule has 2 aromatic carbocycles. The van der Waals surface area contributed by atoms with Crippen LogP contribution in [0.15, 0.2) is 59.8 Å². The second-order valence-corrected chi connectivity index (χ2v) is 7.40. The number of benzene rings is 2. The lowest BCUT2D eigenvalue weighted by molar-refractivity contribution is 0.174. The summed E-state index contributed by atoms with van der Waals surface area (Å²) < 4.78 is 16.7. The Morgan fingerprint density at radius 3 is 2.63 bits per heavy atom. The second-order valence-electron chi connectivity index (χ2n) is 6.46. The summed E-state index contributed by atoms with van der Waals surface area (Å²) in [6.07, 6.45) is 0. The lowest BCUT2D eigenvalue weighted by Crippen LogP contribution is -2.00. The molecule has 4 rings (SSSR count). The van der Waals surface area contributed by atoms with Gasteiger partial charge in [-0.3, -0.25) is 0 Å². The molecular formula is C21H20N2O3S. The third-order valence-corrected chi connectivity index (χ3v) is 4.99. The molecule has 0 saturated heterocycles. The van der Waals surface area contributed by atoms with Crippen LogP contribution >= 0.6 is 11.8 Å². The third-order valence-electron chi connectivity index (χ3n) is 4.07. The number of thioether (sulfide) groups is 1. The molecule has 2 heterocycles. The Kier molecular flexibility index (Phi) is 5.16. The number of nitrogens with zero attached hydrogens (tertiary/aromatic N) is 2. The summed E-state index contributed by atoms with van der Waals surface area (Å²) >= 11 is 1.60. The fourth-order valence-corrected chi connectivity index (χ4v) is 3.43. The first-order valence-electron chi connectivity index (χ1n) is 8.80. The van der Waals surface area contributed by atoms with Gasteiger partial charge >= 0.3 is 0 Å². The number of rotatable bonds is 6. The molecule has 138 valence electrons. The van der Waals surface area contributed by atoms with Gasteiger partial charge in [-0.15, -0.1) is 0 Å². The summed E-state index contributed by atoms with van der Waals surface area (Å²) in [6, 6.07) is 17.7. The van der Waals surface area contributed by atoms with Crippen molar-refractivity contribution in [3.05, 3.63) is 65.9 Å². The van der Waals surface area contributed by atoms with Crippen molar-refractivity contribution in [2.75, 3.05) is 6.79 Å². The Bertz CT molecular complexity index is 932. The molecule has 5 nitrogen and oxygen atoms in total. The molecule has 1 aliphatic heterocycles. The summed E-state index contributed by atoms with van der Waals surface area (Å²) in [5, 5.41) is 0.709. The second kappa shape index (κ2) is 7.88. The first-order valence-corrected chi connectivity index (χ1v) is 9.79. The van der Waals surface area contributed by atoms with Gasteiger partial charge in [0.1, 0.15) is 5.75 Å². The van der Waals surface area contributed by atoms with Crippen molar-refractivity contribution >= 4 is 11.8 Å². The first kappa shape index (κ1) is 17.7. The molecule has 0 saturated carbocycles. The monoisotopic (exact) mass is 380 g/mol. The normalized spacial score (nSPS) is 12.4. The molecular weight excluding hydrogens is 360 g/mol. The molecule has 0 radical (unpaired) electrons. The predicted molar refractivity (Wildman–Crippen MR) is 105 cm³/mol. The highest BCUT2D eigenvalue weighted by molar-refractivity contribution is 7.98. The van der Waals surface area contributed by atoms with E-state index in [1.807, 2.05) is 42.5 Å². The predicted octanol–water partition coefficient (Wildman–Crippen LogP) is 5.41. The SMILES string of the molecule is CC(C)c1cc(Oc2ccc3c(c2)OCO3)nc(SCc2ccccc2)n1. The van der Waals surface area contributed by atoms with Gasteiger partial charge in [0.2, 0.25) is 12.7 Å². The Balaban J connectivity index is 1.55. The van der Waals surface area contributed by atoms with Gasteiger partial charge in [-0.25, -0.2) is 4.98 Å². The van der Waals surface area contributed by atoms with E-state index in [0.29, 0.717) is 22.5 Å². The van der Waals surface area contributed by atoms with Crippen molar-refractivity contribution in [1.82, 2.24) is 9.97 Å². The number of ether oxygens (including phenoxy) is 3. The molecule has 0 fully saturated rings. The van der Waals surface area contributed by atoms with E-state index >= 15 is 0 Å². The molecule has 1 aliphatic rings. The zero-order valence-electron chi connectivity index (χ0n) is 15.2. The zero-order chi connectivity index (χ0) is 18.6. The lowest BCUT2D eigenvalue weighted by Gasteiger charge is -2.11. The van der Waals surface area contributed by atoms with E-state index in [1.165, 1.54) is 5.56 Å². The molecule has 0 N–H and O–H groups in total. The summed E-state index contributed by atoms with van der Waals surface area (Å²) in [5.41, 5.74) is 2.19. The van der Waals surface area contributed by atoms with Crippen molar-refractivity contribution in [2.24, 2.45) is 0 Å². The number of hydrogen-bond donors (Lipinski definition) is 0. The summed E-state index contributed by atoms with van der Waals surface area (Å²) in [5.74, 6) is 3.69. The van der Waals surface area contributed by atoms with Crippen LogP contribution in [-0.2, 0) is 5.75 Å². The highest BCUT2D eigenvalue weighted by Gasteiger charge is 2.15. The molecule has 0 bridgehead atoms. The minimum atomic E-state index is 0.240. The summed E-state index contributed by atoms with van der Waals surface area (Å²) in [6.45, 7) is 4.46. The van der Waals surface area contributed by atoms with Crippen molar-refractivity contribution in [2.45, 2.75) is 30.7 Å². The van der Waals surface area contributed by atoms with Crippen molar-refractivity contribution in [1.29, 1.82) is 0 Å². The smallest absolute Gasteiger partial charge is 0.231 e. The number of hydrogen-bond acceptors (Lipinski definition) is 6. The fraction of sp³-hybridized carbons (Fsp3) is 0.238. The maximum absolute atomic E-state index is 5.99. The zero-order valence-corrected chi connectivity index (χ0v) is 16.0. The van der Waals surface area contributed by atoms with Crippen molar-refractivity contribution in [3.8, 4) is 23.1 Å². The van der Waals surface area contributed by atoms with Crippen molar-refractivity contribution < 1.29 is 14.2 Å². The summed E-state index contributed by atoms with van der Waals surface area (Å²) in [4.78, 5) is 9.25. The van der Waals surface area contributed by atoms with Gasteiger partial charge in [0, 0.05) is 17.9 Å².